The topological polar surface area (TPSA) is 68.2 Å². The van der Waals surface area contributed by atoms with Crippen LogP contribution < -0.4 is 4.74 Å². The summed E-state index contributed by atoms with van der Waals surface area (Å²) in [5.74, 6) is 0.982. The first-order chi connectivity index (χ1) is 15.3. The Bertz CT molecular complexity index is 1110. The standard InChI is InChI=1S/C23H21Cl3N4O2/c1-13(32-22-6-4-17(24)10-29-22)18-11-30(23(31)16-8-27-14(2)28-9-16)12-19(18)15-3-5-20(25)21(26)7-15/h3-10,13,18-19H,11-12H2,1-2H3/t13-,18?,19+/m1/s1. The van der Waals surface area contributed by atoms with Crippen LogP contribution in [0.5, 0.6) is 5.88 Å². The van der Waals surface area contributed by atoms with Crippen molar-refractivity contribution in [3.63, 3.8) is 0 Å². The Hall–Kier alpha value is -2.41. The van der Waals surface area contributed by atoms with E-state index in [2.05, 4.69) is 15.0 Å². The number of aryl methyl sites for hydroxylation is 1. The van der Waals surface area contributed by atoms with E-state index in [-0.39, 0.29) is 23.8 Å². The van der Waals surface area contributed by atoms with E-state index in [1.165, 1.54) is 0 Å². The molecule has 1 fully saturated rings. The van der Waals surface area contributed by atoms with Gasteiger partial charge in [-0.05, 0) is 37.6 Å². The van der Waals surface area contributed by atoms with Gasteiger partial charge < -0.3 is 9.64 Å². The van der Waals surface area contributed by atoms with Crippen LogP contribution in [0.1, 0.15) is 34.6 Å². The fraction of sp³-hybridized carbons (Fsp3) is 0.304. The van der Waals surface area contributed by atoms with E-state index in [4.69, 9.17) is 39.5 Å². The summed E-state index contributed by atoms with van der Waals surface area (Å²) in [5, 5.41) is 1.51. The Morgan fingerprint density at radius 3 is 2.44 bits per heavy atom. The van der Waals surface area contributed by atoms with Crippen LogP contribution in [-0.4, -0.2) is 45.0 Å². The Morgan fingerprint density at radius 1 is 1.03 bits per heavy atom. The molecule has 32 heavy (non-hydrogen) atoms. The lowest BCUT2D eigenvalue weighted by Crippen LogP contribution is -2.32. The average Bonchev–Trinajstić information content (AvgIpc) is 3.23. The van der Waals surface area contributed by atoms with Crippen molar-refractivity contribution in [2.24, 2.45) is 5.92 Å². The Morgan fingerprint density at radius 2 is 1.78 bits per heavy atom. The molecule has 1 aliphatic rings. The number of likely N-dealkylation sites (tertiary alicyclic amines) is 1. The highest BCUT2D eigenvalue weighted by Gasteiger charge is 2.40. The molecule has 0 bridgehead atoms. The third-order valence-corrected chi connectivity index (χ3v) is 6.62. The van der Waals surface area contributed by atoms with E-state index < -0.39 is 0 Å². The lowest BCUT2D eigenvalue weighted by Gasteiger charge is -2.25. The monoisotopic (exact) mass is 490 g/mol. The lowest BCUT2D eigenvalue weighted by molar-refractivity contribution is 0.0769. The molecule has 1 aromatic carbocycles. The first-order valence-electron chi connectivity index (χ1n) is 10.1. The van der Waals surface area contributed by atoms with Crippen molar-refractivity contribution in [1.29, 1.82) is 0 Å². The van der Waals surface area contributed by atoms with Crippen LogP contribution in [-0.2, 0) is 0 Å². The number of carbonyl (C=O) groups is 1. The molecule has 6 nitrogen and oxygen atoms in total. The second kappa shape index (κ2) is 9.61. The quantitative estimate of drug-likeness (QED) is 0.474. The summed E-state index contributed by atoms with van der Waals surface area (Å²) in [6.45, 7) is 4.78. The highest BCUT2D eigenvalue weighted by atomic mass is 35.5. The van der Waals surface area contributed by atoms with Gasteiger partial charge in [-0.15, -0.1) is 0 Å². The average molecular weight is 492 g/mol. The predicted octanol–water partition coefficient (Wildman–Crippen LogP) is 5.46. The molecule has 1 saturated heterocycles. The molecule has 166 valence electrons. The van der Waals surface area contributed by atoms with Crippen LogP contribution in [0.3, 0.4) is 0 Å². The number of halogens is 3. The van der Waals surface area contributed by atoms with E-state index in [0.29, 0.717) is 45.4 Å². The van der Waals surface area contributed by atoms with Crippen molar-refractivity contribution in [1.82, 2.24) is 19.9 Å². The summed E-state index contributed by atoms with van der Waals surface area (Å²) < 4.78 is 6.12. The largest absolute Gasteiger partial charge is 0.474 e. The highest BCUT2D eigenvalue weighted by molar-refractivity contribution is 6.42. The molecule has 0 saturated carbocycles. The van der Waals surface area contributed by atoms with Crippen molar-refractivity contribution in [3.8, 4) is 5.88 Å². The molecule has 9 heteroatoms. The maximum atomic E-state index is 13.2. The number of carbonyl (C=O) groups excluding carboxylic acids is 1. The minimum Gasteiger partial charge on any atom is -0.474 e. The smallest absolute Gasteiger partial charge is 0.257 e. The molecule has 0 aliphatic carbocycles. The second-order valence-corrected chi connectivity index (χ2v) is 9.06. The third kappa shape index (κ3) is 4.98. The fourth-order valence-corrected chi connectivity index (χ4v) is 4.38. The molecule has 3 atom stereocenters. The molecule has 3 aromatic rings. The van der Waals surface area contributed by atoms with Crippen LogP contribution in [0.4, 0.5) is 0 Å². The van der Waals surface area contributed by atoms with Gasteiger partial charge in [-0.2, -0.15) is 0 Å². The molecule has 3 heterocycles. The van der Waals surface area contributed by atoms with Crippen LogP contribution >= 0.6 is 34.8 Å². The van der Waals surface area contributed by atoms with Gasteiger partial charge in [0.15, 0.2) is 0 Å². The molecular weight excluding hydrogens is 471 g/mol. The Balaban J connectivity index is 1.61. The van der Waals surface area contributed by atoms with Gasteiger partial charge in [0.25, 0.3) is 5.91 Å². The molecule has 0 N–H and O–H groups in total. The Labute approximate surface area is 201 Å². The Kier molecular flexibility index (Phi) is 6.84. The minimum absolute atomic E-state index is 0.0000342. The summed E-state index contributed by atoms with van der Waals surface area (Å²) in [5.41, 5.74) is 1.46. The van der Waals surface area contributed by atoms with Gasteiger partial charge in [0.1, 0.15) is 11.9 Å². The number of pyridine rings is 1. The zero-order chi connectivity index (χ0) is 22.8. The van der Waals surface area contributed by atoms with Crippen molar-refractivity contribution in [3.05, 3.63) is 80.9 Å². The van der Waals surface area contributed by atoms with Crippen molar-refractivity contribution >= 4 is 40.7 Å². The number of ether oxygens (including phenoxy) is 1. The van der Waals surface area contributed by atoms with Crippen LogP contribution in [0, 0.1) is 12.8 Å². The first kappa shape index (κ1) is 22.8. The van der Waals surface area contributed by atoms with Crippen LogP contribution in [0.2, 0.25) is 15.1 Å². The summed E-state index contributed by atoms with van der Waals surface area (Å²) in [6, 6.07) is 9.05. The fourth-order valence-electron chi connectivity index (χ4n) is 3.96. The number of hydrogen-bond acceptors (Lipinski definition) is 5. The summed E-state index contributed by atoms with van der Waals surface area (Å²) in [6.07, 6.45) is 4.44. The van der Waals surface area contributed by atoms with Gasteiger partial charge in [0.2, 0.25) is 5.88 Å². The molecule has 1 unspecified atom stereocenters. The number of rotatable bonds is 5. The second-order valence-electron chi connectivity index (χ2n) is 7.81. The van der Waals surface area contributed by atoms with Gasteiger partial charge >= 0.3 is 0 Å². The zero-order valence-electron chi connectivity index (χ0n) is 17.5. The molecule has 1 amide bonds. The number of nitrogens with zero attached hydrogens (tertiary/aromatic N) is 4. The van der Waals surface area contributed by atoms with Crippen molar-refractivity contribution in [2.45, 2.75) is 25.9 Å². The van der Waals surface area contributed by atoms with Crippen LogP contribution in [0.15, 0.2) is 48.9 Å². The van der Waals surface area contributed by atoms with Crippen LogP contribution in [0.25, 0.3) is 0 Å². The molecule has 0 radical (unpaired) electrons. The molecular formula is C23H21Cl3N4O2. The van der Waals surface area contributed by atoms with Crippen molar-refractivity contribution < 1.29 is 9.53 Å². The lowest BCUT2D eigenvalue weighted by atomic mass is 9.86. The first-order valence-corrected chi connectivity index (χ1v) is 11.3. The van der Waals surface area contributed by atoms with Gasteiger partial charge in [0.05, 0.1) is 20.6 Å². The summed E-state index contributed by atoms with van der Waals surface area (Å²) >= 11 is 18.3. The molecule has 2 aromatic heterocycles. The maximum Gasteiger partial charge on any atom is 0.257 e. The number of benzene rings is 1. The normalized spacial score (nSPS) is 19.1. The number of amides is 1. The van der Waals surface area contributed by atoms with E-state index in [9.17, 15) is 4.79 Å². The number of aromatic nitrogens is 3. The maximum absolute atomic E-state index is 13.2. The van der Waals surface area contributed by atoms with Gasteiger partial charge in [-0.25, -0.2) is 15.0 Å². The van der Waals surface area contributed by atoms with E-state index >= 15 is 0 Å². The minimum atomic E-state index is -0.227. The van der Waals surface area contributed by atoms with Crippen molar-refractivity contribution in [2.75, 3.05) is 13.1 Å². The third-order valence-electron chi connectivity index (χ3n) is 5.66. The SMILES string of the molecule is Cc1ncc(C(=O)N2CC([C@@H](C)Oc3ccc(Cl)cn3)[C@H](c3ccc(Cl)c(Cl)c3)C2)cn1. The zero-order valence-corrected chi connectivity index (χ0v) is 19.8. The summed E-state index contributed by atoms with van der Waals surface area (Å²) in [4.78, 5) is 27.5. The van der Waals surface area contributed by atoms with Gasteiger partial charge in [-0.1, -0.05) is 40.9 Å². The predicted molar refractivity (Wildman–Crippen MR) is 125 cm³/mol. The molecule has 1 aliphatic heterocycles. The highest BCUT2D eigenvalue weighted by Crippen LogP contribution is 2.38. The van der Waals surface area contributed by atoms with E-state index in [1.54, 1.807) is 48.6 Å². The van der Waals surface area contributed by atoms with E-state index in [0.717, 1.165) is 5.56 Å². The van der Waals surface area contributed by atoms with Gasteiger partial charge in [0, 0.05) is 49.6 Å². The van der Waals surface area contributed by atoms with E-state index in [1.807, 2.05) is 19.1 Å². The summed E-state index contributed by atoms with van der Waals surface area (Å²) in [7, 11) is 0. The molecule has 0 spiro atoms. The molecule has 4 rings (SSSR count). The van der Waals surface area contributed by atoms with Gasteiger partial charge in [-0.3, -0.25) is 4.79 Å². The number of hydrogen-bond donors (Lipinski definition) is 0.